The molecule has 0 aliphatic carbocycles. The van der Waals surface area contributed by atoms with Gasteiger partial charge >= 0.3 is 0 Å². The van der Waals surface area contributed by atoms with Crippen molar-refractivity contribution >= 4 is 0 Å². The average Bonchev–Trinajstić information content (AvgIpc) is 2.58. The van der Waals surface area contributed by atoms with Crippen molar-refractivity contribution < 1.29 is 5.11 Å². The molecule has 12 heavy (non-hydrogen) atoms. The van der Waals surface area contributed by atoms with Gasteiger partial charge in [-0.1, -0.05) is 0 Å². The van der Waals surface area contributed by atoms with Crippen LogP contribution in [0.4, 0.5) is 0 Å². The van der Waals surface area contributed by atoms with Crippen LogP contribution in [0.3, 0.4) is 0 Å². The summed E-state index contributed by atoms with van der Waals surface area (Å²) in [7, 11) is 0. The highest BCUT2D eigenvalue weighted by molar-refractivity contribution is 5.27. The van der Waals surface area contributed by atoms with Crippen LogP contribution in [0, 0.1) is 0 Å². The second-order valence-electron chi connectivity index (χ2n) is 2.34. The van der Waals surface area contributed by atoms with Crippen molar-refractivity contribution in [3.8, 4) is 11.6 Å². The molecule has 60 valence electrons. The number of rotatable bonds is 1. The van der Waals surface area contributed by atoms with Crippen molar-refractivity contribution in [3.05, 3.63) is 37.1 Å². The number of nitrogens with zero attached hydrogens (tertiary/aromatic N) is 3. The summed E-state index contributed by atoms with van der Waals surface area (Å²) in [5.74, 6) is 0.907. The molecule has 2 aromatic heterocycles. The van der Waals surface area contributed by atoms with Crippen molar-refractivity contribution in [1.29, 1.82) is 0 Å². The molecule has 0 saturated heterocycles. The van der Waals surface area contributed by atoms with Gasteiger partial charge in [-0.05, 0) is 12.1 Å². The minimum atomic E-state index is 0.166. The van der Waals surface area contributed by atoms with E-state index in [9.17, 15) is 0 Å². The summed E-state index contributed by atoms with van der Waals surface area (Å²) < 4.78 is 1.76. The van der Waals surface area contributed by atoms with Crippen LogP contribution in [0.25, 0.3) is 5.82 Å². The minimum Gasteiger partial charge on any atom is -0.506 e. The first-order chi connectivity index (χ1) is 5.86. The van der Waals surface area contributed by atoms with Crippen molar-refractivity contribution in [1.82, 2.24) is 14.5 Å². The normalized spacial score (nSPS) is 10.0. The molecule has 4 heteroatoms. The van der Waals surface area contributed by atoms with Gasteiger partial charge < -0.3 is 5.11 Å². The maximum absolute atomic E-state index is 8.97. The Bertz CT molecular complexity index is 352. The van der Waals surface area contributed by atoms with Crippen LogP contribution in [0.15, 0.2) is 37.1 Å². The molecule has 0 radical (unpaired) electrons. The predicted molar refractivity (Wildman–Crippen MR) is 43.0 cm³/mol. The van der Waals surface area contributed by atoms with Crippen molar-refractivity contribution in [2.24, 2.45) is 0 Å². The Balaban J connectivity index is 2.43. The van der Waals surface area contributed by atoms with E-state index in [-0.39, 0.29) is 5.75 Å². The Labute approximate surface area is 69.1 Å². The molecule has 0 unspecified atom stereocenters. The Morgan fingerprint density at radius 3 is 2.83 bits per heavy atom. The zero-order valence-electron chi connectivity index (χ0n) is 6.25. The van der Waals surface area contributed by atoms with Gasteiger partial charge in [-0.3, -0.25) is 4.57 Å². The Kier molecular flexibility index (Phi) is 1.51. The van der Waals surface area contributed by atoms with Crippen LogP contribution in [0.5, 0.6) is 5.75 Å². The van der Waals surface area contributed by atoms with E-state index in [1.54, 1.807) is 35.4 Å². The Morgan fingerprint density at radius 1 is 1.33 bits per heavy atom. The summed E-state index contributed by atoms with van der Waals surface area (Å²) in [6.07, 6.45) is 6.52. The summed E-state index contributed by atoms with van der Waals surface area (Å²) in [4.78, 5) is 7.88. The number of pyridine rings is 1. The molecule has 0 bridgehead atoms. The average molecular weight is 161 g/mol. The maximum Gasteiger partial charge on any atom is 0.138 e. The van der Waals surface area contributed by atoms with Gasteiger partial charge in [0, 0.05) is 12.4 Å². The largest absolute Gasteiger partial charge is 0.506 e. The smallest absolute Gasteiger partial charge is 0.138 e. The molecular weight excluding hydrogens is 154 g/mol. The Hall–Kier alpha value is -1.84. The summed E-state index contributed by atoms with van der Waals surface area (Å²) in [6, 6.07) is 3.30. The van der Waals surface area contributed by atoms with Gasteiger partial charge in [-0.15, -0.1) is 0 Å². The molecule has 1 N–H and O–H groups in total. The first kappa shape index (κ1) is 6.84. The summed E-state index contributed by atoms with van der Waals surface area (Å²) in [5, 5.41) is 8.97. The summed E-state index contributed by atoms with van der Waals surface area (Å²) >= 11 is 0. The van der Waals surface area contributed by atoms with E-state index < -0.39 is 0 Å². The van der Waals surface area contributed by atoms with Crippen molar-refractivity contribution in [3.63, 3.8) is 0 Å². The highest BCUT2D eigenvalue weighted by atomic mass is 16.3. The zero-order chi connectivity index (χ0) is 8.39. The second kappa shape index (κ2) is 2.65. The first-order valence-electron chi connectivity index (χ1n) is 3.49. The third-order valence-corrected chi connectivity index (χ3v) is 1.50. The van der Waals surface area contributed by atoms with Gasteiger partial charge in [-0.25, -0.2) is 9.97 Å². The van der Waals surface area contributed by atoms with Crippen LogP contribution in [0.1, 0.15) is 0 Å². The van der Waals surface area contributed by atoms with Gasteiger partial charge in [0.15, 0.2) is 0 Å². The van der Waals surface area contributed by atoms with Crippen LogP contribution in [-0.2, 0) is 0 Å². The maximum atomic E-state index is 8.97. The number of hydrogen-bond donors (Lipinski definition) is 1. The standard InChI is InChI=1S/C8H7N3O/c12-7-1-2-8(10-5-7)11-4-3-9-6-11/h1-6,12H. The lowest BCUT2D eigenvalue weighted by Crippen LogP contribution is -1.92. The van der Waals surface area contributed by atoms with E-state index in [2.05, 4.69) is 9.97 Å². The highest BCUT2D eigenvalue weighted by Gasteiger charge is 1.95. The lowest BCUT2D eigenvalue weighted by Gasteiger charge is -1.98. The predicted octanol–water partition coefficient (Wildman–Crippen LogP) is 0.973. The molecule has 2 aromatic rings. The Morgan fingerprint density at radius 2 is 2.25 bits per heavy atom. The topological polar surface area (TPSA) is 50.9 Å². The molecule has 0 spiro atoms. The fourth-order valence-electron chi connectivity index (χ4n) is 0.926. The molecule has 0 aromatic carbocycles. The molecule has 0 amide bonds. The molecule has 0 aliphatic heterocycles. The molecular formula is C8H7N3O. The van der Waals surface area contributed by atoms with Gasteiger partial charge in [0.25, 0.3) is 0 Å². The molecule has 0 atom stereocenters. The van der Waals surface area contributed by atoms with E-state index >= 15 is 0 Å². The third kappa shape index (κ3) is 1.14. The SMILES string of the molecule is Oc1ccc(-n2ccnc2)nc1. The van der Waals surface area contributed by atoms with Gasteiger partial charge in [0.1, 0.15) is 17.9 Å². The van der Waals surface area contributed by atoms with Gasteiger partial charge in [0.2, 0.25) is 0 Å². The second-order valence-corrected chi connectivity index (χ2v) is 2.34. The molecule has 4 nitrogen and oxygen atoms in total. The highest BCUT2D eigenvalue weighted by Crippen LogP contribution is 2.08. The minimum absolute atomic E-state index is 0.166. The van der Waals surface area contributed by atoms with Crippen LogP contribution >= 0.6 is 0 Å². The number of imidazole rings is 1. The third-order valence-electron chi connectivity index (χ3n) is 1.50. The summed E-state index contributed by atoms with van der Waals surface area (Å²) in [5.41, 5.74) is 0. The molecule has 2 heterocycles. The molecule has 2 rings (SSSR count). The van der Waals surface area contributed by atoms with Crippen LogP contribution in [0.2, 0.25) is 0 Å². The van der Waals surface area contributed by atoms with Crippen LogP contribution in [-0.4, -0.2) is 19.6 Å². The lowest BCUT2D eigenvalue weighted by molar-refractivity contribution is 0.472. The molecule has 0 fully saturated rings. The molecule has 0 saturated carbocycles. The lowest BCUT2D eigenvalue weighted by atomic mass is 10.4. The van der Waals surface area contributed by atoms with Crippen molar-refractivity contribution in [2.45, 2.75) is 0 Å². The van der Waals surface area contributed by atoms with E-state index in [0.717, 1.165) is 5.82 Å². The summed E-state index contributed by atoms with van der Waals surface area (Å²) in [6.45, 7) is 0. The molecule has 0 aliphatic rings. The monoisotopic (exact) mass is 161 g/mol. The van der Waals surface area contributed by atoms with E-state index in [0.29, 0.717) is 0 Å². The number of aromatic hydroxyl groups is 1. The van der Waals surface area contributed by atoms with Gasteiger partial charge in [0.05, 0.1) is 6.20 Å². The fourth-order valence-corrected chi connectivity index (χ4v) is 0.926. The van der Waals surface area contributed by atoms with E-state index in [4.69, 9.17) is 5.11 Å². The van der Waals surface area contributed by atoms with Crippen molar-refractivity contribution in [2.75, 3.05) is 0 Å². The number of aromatic nitrogens is 3. The van der Waals surface area contributed by atoms with E-state index in [1.807, 2.05) is 0 Å². The van der Waals surface area contributed by atoms with Gasteiger partial charge in [-0.2, -0.15) is 0 Å². The fraction of sp³-hybridized carbons (Fsp3) is 0. The first-order valence-corrected chi connectivity index (χ1v) is 3.49. The van der Waals surface area contributed by atoms with Crippen LogP contribution < -0.4 is 0 Å². The zero-order valence-corrected chi connectivity index (χ0v) is 6.25. The van der Waals surface area contributed by atoms with E-state index in [1.165, 1.54) is 6.20 Å². The number of hydrogen-bond acceptors (Lipinski definition) is 3. The quantitative estimate of drug-likeness (QED) is 0.678.